The van der Waals surface area contributed by atoms with Crippen molar-refractivity contribution in [3.8, 4) is 0 Å². The molecular formula is C14H20BrNOS. The largest absolute Gasteiger partial charge is 0.398 e. The van der Waals surface area contributed by atoms with E-state index in [-0.39, 0.29) is 5.25 Å². The third-order valence-corrected chi connectivity index (χ3v) is 6.14. The molecule has 0 radical (unpaired) electrons. The molecule has 0 bridgehead atoms. The predicted octanol–water partition coefficient (Wildman–Crippen LogP) is 4.11. The topological polar surface area (TPSA) is 43.1 Å². The number of hydrogen-bond acceptors (Lipinski definition) is 2. The van der Waals surface area contributed by atoms with Crippen LogP contribution in [0.2, 0.25) is 0 Å². The van der Waals surface area contributed by atoms with Crippen molar-refractivity contribution in [1.29, 1.82) is 0 Å². The fraction of sp³-hybridized carbons (Fsp3) is 0.571. The van der Waals surface area contributed by atoms with Gasteiger partial charge in [-0.05, 0) is 37.0 Å². The summed E-state index contributed by atoms with van der Waals surface area (Å²) in [6, 6.07) is 5.65. The molecule has 2 nitrogen and oxygen atoms in total. The van der Waals surface area contributed by atoms with Crippen molar-refractivity contribution in [1.82, 2.24) is 0 Å². The van der Waals surface area contributed by atoms with Gasteiger partial charge in [0.1, 0.15) is 0 Å². The van der Waals surface area contributed by atoms with Crippen molar-refractivity contribution in [2.45, 2.75) is 49.2 Å². The number of hydrogen-bond donors (Lipinski definition) is 1. The van der Waals surface area contributed by atoms with Crippen molar-refractivity contribution < 1.29 is 4.21 Å². The SMILES string of the molecule is CCC1CCCC(S(=O)c2ccc(Br)cc2N)C1. The Balaban J connectivity index is 2.15. The Morgan fingerprint density at radius 2 is 2.22 bits per heavy atom. The van der Waals surface area contributed by atoms with E-state index in [1.54, 1.807) is 0 Å². The Morgan fingerprint density at radius 1 is 1.44 bits per heavy atom. The van der Waals surface area contributed by atoms with Crippen molar-refractivity contribution >= 4 is 32.4 Å². The molecule has 0 heterocycles. The highest BCUT2D eigenvalue weighted by Gasteiger charge is 2.27. The lowest BCUT2D eigenvalue weighted by molar-refractivity contribution is 0.353. The standard InChI is InChI=1S/C14H20BrNOS/c1-2-10-4-3-5-12(8-10)18(17)14-7-6-11(15)9-13(14)16/h6-7,9-10,12H,2-5,8,16H2,1H3. The van der Waals surface area contributed by atoms with Gasteiger partial charge in [0, 0.05) is 15.4 Å². The van der Waals surface area contributed by atoms with Crippen molar-refractivity contribution in [3.63, 3.8) is 0 Å². The Bertz CT molecular complexity index is 449. The van der Waals surface area contributed by atoms with Gasteiger partial charge in [-0.25, -0.2) is 0 Å². The Hall–Kier alpha value is -0.350. The summed E-state index contributed by atoms with van der Waals surface area (Å²) in [6.07, 6.45) is 5.84. The highest BCUT2D eigenvalue weighted by atomic mass is 79.9. The molecule has 1 fully saturated rings. The molecule has 0 saturated heterocycles. The van der Waals surface area contributed by atoms with E-state index < -0.39 is 10.8 Å². The summed E-state index contributed by atoms with van der Waals surface area (Å²) in [6.45, 7) is 2.23. The third kappa shape index (κ3) is 3.15. The molecule has 1 aliphatic rings. The zero-order valence-corrected chi connectivity index (χ0v) is 13.1. The first kappa shape index (κ1) is 14.1. The zero-order valence-electron chi connectivity index (χ0n) is 10.7. The molecule has 1 aromatic carbocycles. The second kappa shape index (κ2) is 6.20. The maximum absolute atomic E-state index is 12.6. The maximum atomic E-state index is 12.6. The first-order valence-corrected chi connectivity index (χ1v) is 8.58. The van der Waals surface area contributed by atoms with Crippen LogP contribution in [0.15, 0.2) is 27.6 Å². The molecule has 2 N–H and O–H groups in total. The first-order valence-electron chi connectivity index (χ1n) is 6.57. The monoisotopic (exact) mass is 329 g/mol. The quantitative estimate of drug-likeness (QED) is 0.848. The summed E-state index contributed by atoms with van der Waals surface area (Å²) >= 11 is 3.38. The van der Waals surface area contributed by atoms with E-state index in [4.69, 9.17) is 5.73 Å². The van der Waals surface area contributed by atoms with Crippen LogP contribution in [0.25, 0.3) is 0 Å². The van der Waals surface area contributed by atoms with Crippen LogP contribution in [0.5, 0.6) is 0 Å². The summed E-state index contributed by atoms with van der Waals surface area (Å²) in [5.74, 6) is 0.740. The fourth-order valence-corrected chi connectivity index (χ4v) is 4.75. The van der Waals surface area contributed by atoms with Gasteiger partial charge >= 0.3 is 0 Å². The van der Waals surface area contributed by atoms with Crippen LogP contribution in [-0.2, 0) is 10.8 Å². The van der Waals surface area contributed by atoms with Crippen LogP contribution in [-0.4, -0.2) is 9.46 Å². The van der Waals surface area contributed by atoms with Crippen LogP contribution in [0.1, 0.15) is 39.0 Å². The number of anilines is 1. The van der Waals surface area contributed by atoms with Gasteiger partial charge in [0.2, 0.25) is 0 Å². The molecular weight excluding hydrogens is 310 g/mol. The molecule has 0 amide bonds. The maximum Gasteiger partial charge on any atom is 0.0621 e. The van der Waals surface area contributed by atoms with Crippen LogP contribution in [0, 0.1) is 5.92 Å². The molecule has 4 heteroatoms. The molecule has 18 heavy (non-hydrogen) atoms. The number of nitrogens with two attached hydrogens (primary N) is 1. The second-order valence-corrected chi connectivity index (χ2v) is 7.66. The average Bonchev–Trinajstić information content (AvgIpc) is 2.38. The summed E-state index contributed by atoms with van der Waals surface area (Å²) in [5.41, 5.74) is 6.61. The number of nitrogen functional groups attached to an aromatic ring is 1. The molecule has 1 aliphatic carbocycles. The lowest BCUT2D eigenvalue weighted by atomic mass is 9.87. The second-order valence-electron chi connectivity index (χ2n) is 5.04. The summed E-state index contributed by atoms with van der Waals surface area (Å²) in [7, 11) is -0.958. The number of halogens is 1. The summed E-state index contributed by atoms with van der Waals surface area (Å²) < 4.78 is 13.5. The Kier molecular flexibility index (Phi) is 4.84. The highest BCUT2D eigenvalue weighted by Crippen LogP contribution is 2.33. The molecule has 0 spiro atoms. The van der Waals surface area contributed by atoms with Crippen molar-refractivity contribution in [2.75, 3.05) is 5.73 Å². The van der Waals surface area contributed by atoms with Crippen LogP contribution < -0.4 is 5.73 Å². The minimum atomic E-state index is -0.958. The number of benzene rings is 1. The predicted molar refractivity (Wildman–Crippen MR) is 81.0 cm³/mol. The van der Waals surface area contributed by atoms with Crippen LogP contribution in [0.3, 0.4) is 0 Å². The van der Waals surface area contributed by atoms with Gasteiger partial charge in [0.15, 0.2) is 0 Å². The molecule has 100 valence electrons. The molecule has 3 atom stereocenters. The van der Waals surface area contributed by atoms with E-state index in [9.17, 15) is 4.21 Å². The third-order valence-electron chi connectivity index (χ3n) is 3.80. The van der Waals surface area contributed by atoms with Gasteiger partial charge in [0.25, 0.3) is 0 Å². The Morgan fingerprint density at radius 3 is 2.89 bits per heavy atom. The molecule has 3 unspecified atom stereocenters. The molecule has 1 saturated carbocycles. The smallest absolute Gasteiger partial charge is 0.0621 e. The number of rotatable bonds is 3. The van der Waals surface area contributed by atoms with E-state index >= 15 is 0 Å². The fourth-order valence-electron chi connectivity index (χ4n) is 2.69. The van der Waals surface area contributed by atoms with Gasteiger partial charge in [-0.2, -0.15) is 0 Å². The van der Waals surface area contributed by atoms with Crippen LogP contribution in [0.4, 0.5) is 5.69 Å². The van der Waals surface area contributed by atoms with Gasteiger partial charge in [-0.1, -0.05) is 42.1 Å². The van der Waals surface area contributed by atoms with Crippen molar-refractivity contribution in [3.05, 3.63) is 22.7 Å². The molecule has 0 aliphatic heterocycles. The van der Waals surface area contributed by atoms with Gasteiger partial charge < -0.3 is 5.73 Å². The minimum absolute atomic E-state index is 0.284. The lowest BCUT2D eigenvalue weighted by Crippen LogP contribution is -2.24. The molecule has 1 aromatic rings. The Labute approximate surface area is 120 Å². The van der Waals surface area contributed by atoms with E-state index in [1.165, 1.54) is 19.3 Å². The molecule has 2 rings (SSSR count). The lowest BCUT2D eigenvalue weighted by Gasteiger charge is -2.28. The summed E-state index contributed by atoms with van der Waals surface area (Å²) in [5, 5.41) is 0.284. The zero-order chi connectivity index (χ0) is 13.1. The highest BCUT2D eigenvalue weighted by molar-refractivity contribution is 9.10. The first-order chi connectivity index (χ1) is 8.61. The van der Waals surface area contributed by atoms with E-state index in [0.717, 1.165) is 28.1 Å². The average molecular weight is 330 g/mol. The van der Waals surface area contributed by atoms with Gasteiger partial charge in [-0.3, -0.25) is 4.21 Å². The van der Waals surface area contributed by atoms with Gasteiger partial charge in [0.05, 0.1) is 15.7 Å². The summed E-state index contributed by atoms with van der Waals surface area (Å²) in [4.78, 5) is 0.806. The minimum Gasteiger partial charge on any atom is -0.398 e. The van der Waals surface area contributed by atoms with E-state index in [1.807, 2.05) is 18.2 Å². The van der Waals surface area contributed by atoms with Crippen molar-refractivity contribution in [2.24, 2.45) is 5.92 Å². The van der Waals surface area contributed by atoms with Gasteiger partial charge in [-0.15, -0.1) is 0 Å². The van der Waals surface area contributed by atoms with Crippen LogP contribution >= 0.6 is 15.9 Å². The normalized spacial score (nSPS) is 25.9. The molecule has 0 aromatic heterocycles. The van der Waals surface area contributed by atoms with E-state index in [0.29, 0.717) is 5.69 Å². The van der Waals surface area contributed by atoms with E-state index in [2.05, 4.69) is 22.9 Å².